The Balaban J connectivity index is 1.68. The molecule has 4 nitrogen and oxygen atoms in total. The second-order valence-corrected chi connectivity index (χ2v) is 5.20. The lowest BCUT2D eigenvalue weighted by Gasteiger charge is -2.04. The van der Waals surface area contributed by atoms with Crippen molar-refractivity contribution < 1.29 is 0 Å². The zero-order chi connectivity index (χ0) is 13.1. The molecule has 0 aliphatic heterocycles. The Morgan fingerprint density at radius 1 is 1.37 bits per heavy atom. The second-order valence-electron chi connectivity index (χ2n) is 4.33. The molecule has 0 aliphatic rings. The Hall–Kier alpha value is -2.14. The molecular formula is C14H14N4S. The van der Waals surface area contributed by atoms with Crippen molar-refractivity contribution in [2.24, 2.45) is 0 Å². The van der Waals surface area contributed by atoms with Crippen LogP contribution in [0, 0.1) is 6.92 Å². The highest BCUT2D eigenvalue weighted by Crippen LogP contribution is 2.14. The molecule has 1 aromatic carbocycles. The monoisotopic (exact) mass is 270 g/mol. The molecule has 0 amide bonds. The molecule has 3 rings (SSSR count). The molecule has 1 N–H and O–H groups in total. The predicted molar refractivity (Wildman–Crippen MR) is 77.7 cm³/mol. The third kappa shape index (κ3) is 2.82. The summed E-state index contributed by atoms with van der Waals surface area (Å²) in [6, 6.07) is 8.47. The quantitative estimate of drug-likeness (QED) is 0.791. The van der Waals surface area contributed by atoms with Crippen molar-refractivity contribution in [1.82, 2.24) is 14.8 Å². The number of hydrogen-bond donors (Lipinski definition) is 1. The highest BCUT2D eigenvalue weighted by Gasteiger charge is 2.02. The fourth-order valence-corrected chi connectivity index (χ4v) is 2.45. The Labute approximate surface area is 115 Å². The van der Waals surface area contributed by atoms with E-state index >= 15 is 0 Å². The van der Waals surface area contributed by atoms with E-state index in [-0.39, 0.29) is 0 Å². The topological polar surface area (TPSA) is 42.7 Å². The van der Waals surface area contributed by atoms with E-state index in [9.17, 15) is 0 Å². The maximum Gasteiger partial charge on any atom is 0.210 e. The van der Waals surface area contributed by atoms with E-state index < -0.39 is 0 Å². The average molecular weight is 270 g/mol. The van der Waals surface area contributed by atoms with E-state index in [0.717, 1.165) is 17.4 Å². The highest BCUT2D eigenvalue weighted by atomic mass is 32.1. The molecule has 2 aromatic heterocycles. The molecule has 5 heteroatoms. The van der Waals surface area contributed by atoms with Crippen LogP contribution in [0.5, 0.6) is 0 Å². The third-order valence-corrected chi connectivity index (χ3v) is 3.54. The smallest absolute Gasteiger partial charge is 0.210 e. The van der Waals surface area contributed by atoms with Crippen molar-refractivity contribution >= 4 is 17.0 Å². The molecule has 0 aliphatic carbocycles. The number of anilines is 1. The maximum atomic E-state index is 4.29. The van der Waals surface area contributed by atoms with Crippen LogP contribution < -0.4 is 5.32 Å². The highest BCUT2D eigenvalue weighted by molar-refractivity contribution is 7.12. The predicted octanol–water partition coefficient (Wildman–Crippen LogP) is 3.25. The molecule has 0 unspecified atom stereocenters. The molecular weight excluding hydrogens is 256 g/mol. The summed E-state index contributed by atoms with van der Waals surface area (Å²) < 4.78 is 1.78. The summed E-state index contributed by atoms with van der Waals surface area (Å²) in [5.41, 5.74) is 3.54. The van der Waals surface area contributed by atoms with E-state index in [1.807, 2.05) is 17.8 Å². The molecule has 0 spiro atoms. The summed E-state index contributed by atoms with van der Waals surface area (Å²) in [6.45, 7) is 2.90. The first-order chi connectivity index (χ1) is 9.31. The van der Waals surface area contributed by atoms with Crippen molar-refractivity contribution in [2.45, 2.75) is 13.5 Å². The number of nitrogens with one attached hydrogen (secondary N) is 1. The van der Waals surface area contributed by atoms with Gasteiger partial charge in [-0.2, -0.15) is 5.10 Å². The molecule has 0 atom stereocenters. The number of hydrogen-bond acceptors (Lipinski definition) is 4. The molecule has 0 saturated carbocycles. The summed E-state index contributed by atoms with van der Waals surface area (Å²) in [5, 5.41) is 10.5. The lowest BCUT2D eigenvalue weighted by atomic mass is 10.1. The van der Waals surface area contributed by atoms with Crippen LogP contribution in [0.15, 0.2) is 48.2 Å². The molecule has 3 aromatic rings. The minimum atomic E-state index is 0.797. The van der Waals surface area contributed by atoms with Gasteiger partial charge in [0.2, 0.25) is 5.13 Å². The Morgan fingerprint density at radius 2 is 2.32 bits per heavy atom. The summed E-state index contributed by atoms with van der Waals surface area (Å²) in [5.74, 6) is 0. The first-order valence-corrected chi connectivity index (χ1v) is 6.93. The van der Waals surface area contributed by atoms with E-state index in [4.69, 9.17) is 0 Å². The zero-order valence-electron chi connectivity index (χ0n) is 10.6. The van der Waals surface area contributed by atoms with Crippen molar-refractivity contribution in [1.29, 1.82) is 0 Å². The van der Waals surface area contributed by atoms with Gasteiger partial charge in [-0.15, -0.1) is 11.3 Å². The van der Waals surface area contributed by atoms with E-state index in [0.29, 0.717) is 0 Å². The second kappa shape index (κ2) is 5.24. The minimum Gasteiger partial charge on any atom is -0.378 e. The Morgan fingerprint density at radius 3 is 3.11 bits per heavy atom. The first-order valence-electron chi connectivity index (χ1n) is 6.05. The van der Waals surface area contributed by atoms with E-state index in [2.05, 4.69) is 46.6 Å². The fraction of sp³-hybridized carbons (Fsp3) is 0.143. The zero-order valence-corrected chi connectivity index (χ0v) is 11.4. The summed E-state index contributed by atoms with van der Waals surface area (Å²) in [7, 11) is 0. The van der Waals surface area contributed by atoms with Gasteiger partial charge in [0.05, 0.1) is 18.1 Å². The standard InChI is InChI=1S/C14H14N4S/c1-11-3-2-4-12(7-11)8-16-13-9-17-18(10-13)14-15-5-6-19-14/h2-7,9-10,16H,8H2,1H3. The van der Waals surface area contributed by atoms with Crippen LogP contribution in [0.2, 0.25) is 0 Å². The van der Waals surface area contributed by atoms with Gasteiger partial charge < -0.3 is 5.32 Å². The number of rotatable bonds is 4. The van der Waals surface area contributed by atoms with Gasteiger partial charge in [0, 0.05) is 18.1 Å². The molecule has 0 fully saturated rings. The summed E-state index contributed by atoms with van der Waals surface area (Å²) in [6.07, 6.45) is 5.55. The average Bonchev–Trinajstić information content (AvgIpc) is 3.07. The van der Waals surface area contributed by atoms with Gasteiger partial charge in [-0.25, -0.2) is 9.67 Å². The van der Waals surface area contributed by atoms with Gasteiger partial charge in [-0.1, -0.05) is 29.8 Å². The SMILES string of the molecule is Cc1cccc(CNc2cnn(-c3nccs3)c2)c1. The van der Waals surface area contributed by atoms with Crippen LogP contribution in [-0.4, -0.2) is 14.8 Å². The number of thiazole rings is 1. The Kier molecular flexibility index (Phi) is 3.29. The van der Waals surface area contributed by atoms with Crippen molar-refractivity contribution in [3.8, 4) is 5.13 Å². The van der Waals surface area contributed by atoms with E-state index in [1.165, 1.54) is 11.1 Å². The van der Waals surface area contributed by atoms with Crippen molar-refractivity contribution in [2.75, 3.05) is 5.32 Å². The van der Waals surface area contributed by atoms with Crippen LogP contribution >= 0.6 is 11.3 Å². The van der Waals surface area contributed by atoms with Gasteiger partial charge in [0.25, 0.3) is 0 Å². The molecule has 2 heterocycles. The third-order valence-electron chi connectivity index (χ3n) is 2.78. The molecule has 0 saturated heterocycles. The van der Waals surface area contributed by atoms with Gasteiger partial charge in [-0.05, 0) is 12.5 Å². The summed E-state index contributed by atoms with van der Waals surface area (Å²) in [4.78, 5) is 4.22. The largest absolute Gasteiger partial charge is 0.378 e. The summed E-state index contributed by atoms with van der Waals surface area (Å²) >= 11 is 1.57. The number of nitrogens with zero attached hydrogens (tertiary/aromatic N) is 3. The Bertz CT molecular complexity index is 658. The maximum absolute atomic E-state index is 4.29. The van der Waals surface area contributed by atoms with Crippen LogP contribution in [0.1, 0.15) is 11.1 Å². The van der Waals surface area contributed by atoms with Crippen LogP contribution in [0.4, 0.5) is 5.69 Å². The molecule has 96 valence electrons. The number of aromatic nitrogens is 3. The van der Waals surface area contributed by atoms with Crippen LogP contribution in [0.3, 0.4) is 0 Å². The lowest BCUT2D eigenvalue weighted by molar-refractivity contribution is 0.869. The van der Waals surface area contributed by atoms with Crippen LogP contribution in [0.25, 0.3) is 5.13 Å². The molecule has 0 radical (unpaired) electrons. The van der Waals surface area contributed by atoms with E-state index in [1.54, 1.807) is 22.2 Å². The number of aryl methyl sites for hydroxylation is 1. The lowest BCUT2D eigenvalue weighted by Crippen LogP contribution is -1.98. The number of benzene rings is 1. The fourth-order valence-electron chi connectivity index (χ4n) is 1.87. The van der Waals surface area contributed by atoms with Crippen LogP contribution in [-0.2, 0) is 6.54 Å². The first kappa shape index (κ1) is 11.9. The van der Waals surface area contributed by atoms with Gasteiger partial charge in [-0.3, -0.25) is 0 Å². The van der Waals surface area contributed by atoms with Crippen molar-refractivity contribution in [3.63, 3.8) is 0 Å². The molecule has 0 bridgehead atoms. The molecule has 19 heavy (non-hydrogen) atoms. The minimum absolute atomic E-state index is 0.797. The normalized spacial score (nSPS) is 10.6. The van der Waals surface area contributed by atoms with Gasteiger partial charge >= 0.3 is 0 Å². The van der Waals surface area contributed by atoms with Gasteiger partial charge in [0.15, 0.2) is 0 Å². The van der Waals surface area contributed by atoms with Crippen molar-refractivity contribution in [3.05, 3.63) is 59.4 Å². The van der Waals surface area contributed by atoms with Gasteiger partial charge in [0.1, 0.15) is 0 Å².